The molecular formula is C15H18ClN3O3S. The zero-order valence-electron chi connectivity index (χ0n) is 12.8. The van der Waals surface area contributed by atoms with Crippen molar-refractivity contribution in [2.45, 2.75) is 0 Å². The molecule has 23 heavy (non-hydrogen) atoms. The molecule has 1 spiro atoms. The minimum atomic E-state index is -0.906. The highest BCUT2D eigenvalue weighted by molar-refractivity contribution is 7.88. The maximum Gasteiger partial charge on any atom is 0.324 e. The Kier molecular flexibility index (Phi) is 3.64. The van der Waals surface area contributed by atoms with E-state index in [1.165, 1.54) is 0 Å². The summed E-state index contributed by atoms with van der Waals surface area (Å²) >= 11 is 5.08. The second-order valence-electron chi connectivity index (χ2n) is 6.47. The summed E-state index contributed by atoms with van der Waals surface area (Å²) in [6.45, 7) is 4.12. The topological polar surface area (TPSA) is 59.1 Å². The summed E-state index contributed by atoms with van der Waals surface area (Å²) in [5.41, 5.74) is 0.924. The van der Waals surface area contributed by atoms with Gasteiger partial charge in [-0.05, 0) is 12.1 Å². The Morgan fingerprint density at radius 1 is 1.35 bits per heavy atom. The highest BCUT2D eigenvalue weighted by atomic mass is 35.5. The molecule has 0 saturated carbocycles. The SMILES string of the molecule is C[S+]([O-])N1CC2(CN(C(=O)N3CCOc4cc(Cl)ccc43)C2)C1. The normalized spacial score (nSPS) is 23.6. The lowest BCUT2D eigenvalue weighted by atomic mass is 9.74. The Morgan fingerprint density at radius 2 is 2.09 bits per heavy atom. The molecule has 3 heterocycles. The van der Waals surface area contributed by atoms with Gasteiger partial charge in [-0.1, -0.05) is 11.6 Å². The fourth-order valence-electron chi connectivity index (χ4n) is 3.55. The molecule has 1 aromatic carbocycles. The van der Waals surface area contributed by atoms with E-state index in [0.29, 0.717) is 23.9 Å². The first-order chi connectivity index (χ1) is 11.0. The van der Waals surface area contributed by atoms with Gasteiger partial charge in [0.05, 0.1) is 25.3 Å². The first-order valence-electron chi connectivity index (χ1n) is 7.55. The van der Waals surface area contributed by atoms with Gasteiger partial charge in [0.2, 0.25) is 0 Å². The number of anilines is 1. The van der Waals surface area contributed by atoms with Crippen LogP contribution >= 0.6 is 11.6 Å². The molecule has 0 N–H and O–H groups in total. The molecule has 1 aromatic rings. The largest absolute Gasteiger partial charge is 0.598 e. The van der Waals surface area contributed by atoms with Crippen LogP contribution in [-0.4, -0.2) is 65.4 Å². The third kappa shape index (κ3) is 2.55. The smallest absolute Gasteiger partial charge is 0.324 e. The van der Waals surface area contributed by atoms with E-state index in [0.717, 1.165) is 31.9 Å². The molecule has 4 rings (SSSR count). The van der Waals surface area contributed by atoms with Crippen molar-refractivity contribution in [3.63, 3.8) is 0 Å². The number of hydrogen-bond acceptors (Lipinski definition) is 4. The molecule has 2 amide bonds. The summed E-state index contributed by atoms with van der Waals surface area (Å²) in [6, 6.07) is 5.36. The van der Waals surface area contributed by atoms with E-state index in [9.17, 15) is 9.35 Å². The van der Waals surface area contributed by atoms with Gasteiger partial charge in [0.25, 0.3) is 0 Å². The molecule has 3 aliphatic rings. The highest BCUT2D eigenvalue weighted by Gasteiger charge is 2.57. The first-order valence-corrected chi connectivity index (χ1v) is 9.44. The predicted molar refractivity (Wildman–Crippen MR) is 89.3 cm³/mol. The number of ether oxygens (including phenoxy) is 1. The number of urea groups is 1. The van der Waals surface area contributed by atoms with E-state index >= 15 is 0 Å². The number of nitrogens with zero attached hydrogens (tertiary/aromatic N) is 3. The lowest BCUT2D eigenvalue weighted by molar-refractivity contribution is -0.0551. The molecule has 0 aromatic heterocycles. The van der Waals surface area contributed by atoms with Crippen LogP contribution in [0.2, 0.25) is 5.02 Å². The van der Waals surface area contributed by atoms with Crippen LogP contribution in [0.1, 0.15) is 0 Å². The molecule has 8 heteroatoms. The maximum atomic E-state index is 12.8. The van der Waals surface area contributed by atoms with Gasteiger partial charge in [0, 0.05) is 41.0 Å². The molecule has 6 nitrogen and oxygen atoms in total. The number of hydrogen-bond donors (Lipinski definition) is 0. The Labute approximate surface area is 143 Å². The first kappa shape index (κ1) is 15.4. The molecule has 3 aliphatic heterocycles. The van der Waals surface area contributed by atoms with E-state index in [1.807, 2.05) is 15.3 Å². The number of benzene rings is 1. The Bertz CT molecular complexity index is 643. The molecule has 2 fully saturated rings. The van der Waals surface area contributed by atoms with Crippen molar-refractivity contribution in [2.75, 3.05) is 50.5 Å². The molecule has 1 atom stereocenters. The molecule has 1 unspecified atom stereocenters. The van der Waals surface area contributed by atoms with E-state index in [-0.39, 0.29) is 11.4 Å². The number of halogens is 1. The molecule has 2 saturated heterocycles. The number of amides is 2. The predicted octanol–water partition coefficient (Wildman–Crippen LogP) is 1.57. The van der Waals surface area contributed by atoms with Gasteiger partial charge in [-0.2, -0.15) is 0 Å². The molecule has 124 valence electrons. The van der Waals surface area contributed by atoms with Crippen molar-refractivity contribution in [3.05, 3.63) is 23.2 Å². The third-order valence-electron chi connectivity index (χ3n) is 4.73. The quantitative estimate of drug-likeness (QED) is 0.717. The van der Waals surface area contributed by atoms with Gasteiger partial charge < -0.3 is 14.2 Å². The lowest BCUT2D eigenvalue weighted by Crippen LogP contribution is -2.74. The van der Waals surface area contributed by atoms with E-state index in [1.54, 1.807) is 23.3 Å². The fourth-order valence-corrected chi connectivity index (χ4v) is 4.62. The summed E-state index contributed by atoms with van der Waals surface area (Å²) in [6.07, 6.45) is 1.70. The highest BCUT2D eigenvalue weighted by Crippen LogP contribution is 2.42. The zero-order valence-corrected chi connectivity index (χ0v) is 14.4. The Hall–Kier alpha value is -1.15. The molecule has 0 aliphatic carbocycles. The van der Waals surface area contributed by atoms with Crippen molar-refractivity contribution in [2.24, 2.45) is 5.41 Å². The van der Waals surface area contributed by atoms with Gasteiger partial charge >= 0.3 is 6.03 Å². The van der Waals surface area contributed by atoms with Crippen molar-refractivity contribution in [1.29, 1.82) is 0 Å². The number of carbonyl (C=O) groups is 1. The van der Waals surface area contributed by atoms with Crippen LogP contribution < -0.4 is 9.64 Å². The van der Waals surface area contributed by atoms with Crippen LogP contribution in [0.5, 0.6) is 5.75 Å². The third-order valence-corrected chi connectivity index (χ3v) is 5.95. The van der Waals surface area contributed by atoms with Gasteiger partial charge in [0.15, 0.2) is 0 Å². The van der Waals surface area contributed by atoms with Crippen LogP contribution in [0, 0.1) is 5.41 Å². The van der Waals surface area contributed by atoms with Crippen molar-refractivity contribution in [3.8, 4) is 5.75 Å². The van der Waals surface area contributed by atoms with Crippen LogP contribution in [0.15, 0.2) is 18.2 Å². The zero-order chi connectivity index (χ0) is 16.2. The van der Waals surface area contributed by atoms with Gasteiger partial charge in [0.1, 0.15) is 18.6 Å². The number of rotatable bonds is 1. The van der Waals surface area contributed by atoms with Crippen LogP contribution in [0.4, 0.5) is 10.5 Å². The minimum Gasteiger partial charge on any atom is -0.598 e. The fraction of sp³-hybridized carbons (Fsp3) is 0.533. The second-order valence-corrected chi connectivity index (χ2v) is 8.27. The van der Waals surface area contributed by atoms with Gasteiger partial charge in [-0.15, -0.1) is 4.31 Å². The van der Waals surface area contributed by atoms with Crippen molar-refractivity contribution < 1.29 is 14.1 Å². The summed E-state index contributed by atoms with van der Waals surface area (Å²) < 4.78 is 18.9. The van der Waals surface area contributed by atoms with E-state index in [4.69, 9.17) is 16.3 Å². The monoisotopic (exact) mass is 355 g/mol. The van der Waals surface area contributed by atoms with Crippen molar-refractivity contribution >= 4 is 34.7 Å². The second kappa shape index (κ2) is 5.44. The minimum absolute atomic E-state index is 0.0126. The molecular weight excluding hydrogens is 338 g/mol. The Morgan fingerprint density at radius 3 is 2.78 bits per heavy atom. The molecule has 0 bridgehead atoms. The van der Waals surface area contributed by atoms with Crippen LogP contribution in [0.25, 0.3) is 0 Å². The standard InChI is InChI=1S/C15H18ClN3O3S/c1-23(21)18-9-15(10-18)7-17(8-15)14(20)19-4-5-22-13-6-11(16)2-3-12(13)19/h2-3,6H,4-5,7-10H2,1H3. The maximum absolute atomic E-state index is 12.8. The van der Waals surface area contributed by atoms with Gasteiger partial charge in [-0.3, -0.25) is 4.90 Å². The number of fused-ring (bicyclic) bond motifs is 1. The lowest BCUT2D eigenvalue weighted by Gasteiger charge is -2.58. The van der Waals surface area contributed by atoms with Crippen LogP contribution in [0.3, 0.4) is 0 Å². The van der Waals surface area contributed by atoms with E-state index in [2.05, 4.69) is 0 Å². The summed E-state index contributed by atoms with van der Waals surface area (Å²) in [4.78, 5) is 16.4. The average Bonchev–Trinajstić information content (AvgIpc) is 2.42. The molecule has 0 radical (unpaired) electrons. The summed E-state index contributed by atoms with van der Waals surface area (Å²) in [7, 11) is 0. The average molecular weight is 356 g/mol. The number of carbonyl (C=O) groups excluding carboxylic acids is 1. The number of likely N-dealkylation sites (tertiary alicyclic amines) is 1. The van der Waals surface area contributed by atoms with Crippen molar-refractivity contribution in [1.82, 2.24) is 9.21 Å². The summed E-state index contributed by atoms with van der Waals surface area (Å²) in [5, 5.41) is 0.600. The van der Waals surface area contributed by atoms with Crippen LogP contribution in [-0.2, 0) is 11.4 Å². The Balaban J connectivity index is 1.42. The van der Waals surface area contributed by atoms with E-state index < -0.39 is 11.4 Å². The summed E-state index contributed by atoms with van der Waals surface area (Å²) in [5.74, 6) is 0.656. The van der Waals surface area contributed by atoms with Gasteiger partial charge in [-0.25, -0.2) is 4.79 Å².